The van der Waals surface area contributed by atoms with Crippen LogP contribution in [0.3, 0.4) is 0 Å². The van der Waals surface area contributed by atoms with Crippen LogP contribution < -0.4 is 0 Å². The number of aliphatic hydroxyl groups excluding tert-OH is 1. The Morgan fingerprint density at radius 3 is 1.96 bits per heavy atom. The first-order valence-corrected chi connectivity index (χ1v) is 7.71. The molecule has 0 aliphatic carbocycles. The van der Waals surface area contributed by atoms with E-state index < -0.39 is 0 Å². The zero-order valence-corrected chi connectivity index (χ0v) is 13.8. The Balaban J connectivity index is 2.09. The lowest BCUT2D eigenvalue weighted by Crippen LogP contribution is -2.29. The monoisotopic (exact) mass is 333 g/mol. The highest BCUT2D eigenvalue weighted by Crippen LogP contribution is 2.14. The molecule has 0 fully saturated rings. The Kier molecular flexibility index (Phi) is 6.59. The number of rotatable bonds is 7. The lowest BCUT2D eigenvalue weighted by Gasteiger charge is -2.21. The van der Waals surface area contributed by atoms with Crippen molar-refractivity contribution in [2.75, 3.05) is 13.7 Å². The van der Waals surface area contributed by atoms with Crippen LogP contribution >= 0.6 is 11.6 Å². The predicted octanol–water partition coefficient (Wildman–Crippen LogP) is 3.01. The molecular formula is C18H20ClNO3. The third-order valence-electron chi connectivity index (χ3n) is 3.51. The molecule has 4 nitrogen and oxygen atoms in total. The van der Waals surface area contributed by atoms with Crippen molar-refractivity contribution in [3.63, 3.8) is 0 Å². The van der Waals surface area contributed by atoms with E-state index in [1.54, 1.807) is 0 Å². The highest BCUT2D eigenvalue weighted by Gasteiger charge is 2.12. The van der Waals surface area contributed by atoms with Crippen LogP contribution in [-0.4, -0.2) is 29.6 Å². The van der Waals surface area contributed by atoms with Gasteiger partial charge in [0.15, 0.2) is 0 Å². The van der Waals surface area contributed by atoms with E-state index in [0.29, 0.717) is 18.1 Å². The SMILES string of the molecule is COC(=O)CN(Cc1ccc(Cl)cc1)Cc1ccc(CO)cc1. The van der Waals surface area contributed by atoms with Gasteiger partial charge in [-0.25, -0.2) is 0 Å². The van der Waals surface area contributed by atoms with Crippen LogP contribution in [0.25, 0.3) is 0 Å². The summed E-state index contributed by atoms with van der Waals surface area (Å²) in [5, 5.41) is 9.78. The largest absolute Gasteiger partial charge is 0.468 e. The van der Waals surface area contributed by atoms with E-state index in [1.165, 1.54) is 7.11 Å². The van der Waals surface area contributed by atoms with Crippen LogP contribution in [0.1, 0.15) is 16.7 Å². The Morgan fingerprint density at radius 2 is 1.48 bits per heavy atom. The van der Waals surface area contributed by atoms with Gasteiger partial charge in [-0.15, -0.1) is 0 Å². The minimum Gasteiger partial charge on any atom is -0.468 e. The van der Waals surface area contributed by atoms with Gasteiger partial charge in [-0.2, -0.15) is 0 Å². The lowest BCUT2D eigenvalue weighted by molar-refractivity contribution is -0.142. The number of ether oxygens (including phenoxy) is 1. The normalized spacial score (nSPS) is 10.8. The second-order valence-corrected chi connectivity index (χ2v) is 5.76. The molecule has 0 heterocycles. The van der Waals surface area contributed by atoms with Crippen LogP contribution in [-0.2, 0) is 29.2 Å². The van der Waals surface area contributed by atoms with E-state index in [1.807, 2.05) is 53.4 Å². The zero-order chi connectivity index (χ0) is 16.7. The number of hydrogen-bond donors (Lipinski definition) is 1. The summed E-state index contributed by atoms with van der Waals surface area (Å²) in [4.78, 5) is 13.6. The standard InChI is InChI=1S/C18H20ClNO3/c1-23-18(22)12-20(11-15-6-8-17(19)9-7-15)10-14-2-4-16(13-21)5-3-14/h2-9,21H,10-13H2,1H3. The number of nitrogens with zero attached hydrogens (tertiary/aromatic N) is 1. The smallest absolute Gasteiger partial charge is 0.319 e. The molecular weight excluding hydrogens is 314 g/mol. The van der Waals surface area contributed by atoms with Crippen LogP contribution in [0.15, 0.2) is 48.5 Å². The summed E-state index contributed by atoms with van der Waals surface area (Å²) in [6.07, 6.45) is 0. The number of aliphatic hydroxyl groups is 1. The average Bonchev–Trinajstić information content (AvgIpc) is 2.57. The van der Waals surface area contributed by atoms with Crippen LogP contribution in [0.4, 0.5) is 0 Å². The van der Waals surface area contributed by atoms with Crippen molar-refractivity contribution in [2.45, 2.75) is 19.7 Å². The van der Waals surface area contributed by atoms with Gasteiger partial charge in [0.2, 0.25) is 0 Å². The summed E-state index contributed by atoms with van der Waals surface area (Å²) in [5.41, 5.74) is 3.01. The summed E-state index contributed by atoms with van der Waals surface area (Å²) >= 11 is 5.91. The fraction of sp³-hybridized carbons (Fsp3) is 0.278. The minimum absolute atomic E-state index is 0.0247. The Hall–Kier alpha value is -1.88. The first-order chi connectivity index (χ1) is 11.1. The molecule has 0 saturated carbocycles. The van der Waals surface area contributed by atoms with Crippen molar-refractivity contribution in [1.82, 2.24) is 4.90 Å². The molecule has 0 aliphatic rings. The van der Waals surface area contributed by atoms with Crippen LogP contribution in [0.5, 0.6) is 0 Å². The molecule has 2 aromatic carbocycles. The number of hydrogen-bond acceptors (Lipinski definition) is 4. The molecule has 2 rings (SSSR count). The maximum absolute atomic E-state index is 11.6. The van der Waals surface area contributed by atoms with Crippen molar-refractivity contribution >= 4 is 17.6 Å². The van der Waals surface area contributed by atoms with Gasteiger partial charge in [-0.05, 0) is 28.8 Å². The van der Waals surface area contributed by atoms with Gasteiger partial charge in [0, 0.05) is 18.1 Å². The summed E-state index contributed by atoms with van der Waals surface area (Å²) in [6.45, 7) is 1.47. The Labute approximate surface area is 141 Å². The molecule has 0 aliphatic heterocycles. The number of halogens is 1. The van der Waals surface area contributed by atoms with Gasteiger partial charge < -0.3 is 9.84 Å². The number of carbonyl (C=O) groups is 1. The topological polar surface area (TPSA) is 49.8 Å². The Bertz CT molecular complexity index is 626. The minimum atomic E-state index is -0.272. The first kappa shape index (κ1) is 17.5. The third kappa shape index (κ3) is 5.67. The maximum atomic E-state index is 11.6. The van der Waals surface area contributed by atoms with Crippen molar-refractivity contribution in [1.29, 1.82) is 0 Å². The quantitative estimate of drug-likeness (QED) is 0.791. The van der Waals surface area contributed by atoms with Crippen molar-refractivity contribution in [2.24, 2.45) is 0 Å². The third-order valence-corrected chi connectivity index (χ3v) is 3.76. The number of esters is 1. The van der Waals surface area contributed by atoms with Gasteiger partial charge in [0.25, 0.3) is 0 Å². The van der Waals surface area contributed by atoms with E-state index >= 15 is 0 Å². The second-order valence-electron chi connectivity index (χ2n) is 5.32. The van der Waals surface area contributed by atoms with Gasteiger partial charge in [-0.3, -0.25) is 9.69 Å². The van der Waals surface area contributed by atoms with Crippen molar-refractivity contribution in [3.8, 4) is 0 Å². The van der Waals surface area contributed by atoms with Gasteiger partial charge in [0.05, 0.1) is 20.3 Å². The fourth-order valence-electron chi connectivity index (χ4n) is 2.27. The molecule has 23 heavy (non-hydrogen) atoms. The van der Waals surface area contributed by atoms with E-state index in [2.05, 4.69) is 0 Å². The molecule has 0 spiro atoms. The van der Waals surface area contributed by atoms with E-state index in [0.717, 1.165) is 16.7 Å². The number of methoxy groups -OCH3 is 1. The highest BCUT2D eigenvalue weighted by molar-refractivity contribution is 6.30. The molecule has 0 bridgehead atoms. The molecule has 2 aromatic rings. The zero-order valence-electron chi connectivity index (χ0n) is 13.0. The number of carbonyl (C=O) groups excluding carboxylic acids is 1. The van der Waals surface area contributed by atoms with Crippen LogP contribution in [0, 0.1) is 0 Å². The van der Waals surface area contributed by atoms with E-state index in [4.69, 9.17) is 21.4 Å². The molecule has 0 radical (unpaired) electrons. The second kappa shape index (κ2) is 8.67. The highest BCUT2D eigenvalue weighted by atomic mass is 35.5. The molecule has 0 amide bonds. The fourth-order valence-corrected chi connectivity index (χ4v) is 2.40. The maximum Gasteiger partial charge on any atom is 0.319 e. The van der Waals surface area contributed by atoms with E-state index in [9.17, 15) is 4.79 Å². The van der Waals surface area contributed by atoms with Gasteiger partial charge in [0.1, 0.15) is 0 Å². The summed E-state index contributed by atoms with van der Waals surface area (Å²) in [5.74, 6) is -0.272. The molecule has 0 atom stereocenters. The summed E-state index contributed by atoms with van der Waals surface area (Å²) in [6, 6.07) is 15.2. The average molecular weight is 334 g/mol. The summed E-state index contributed by atoms with van der Waals surface area (Å²) < 4.78 is 4.78. The molecule has 1 N–H and O–H groups in total. The first-order valence-electron chi connectivity index (χ1n) is 7.33. The lowest BCUT2D eigenvalue weighted by atomic mass is 10.1. The van der Waals surface area contributed by atoms with Crippen molar-refractivity contribution < 1.29 is 14.6 Å². The van der Waals surface area contributed by atoms with Crippen LogP contribution in [0.2, 0.25) is 5.02 Å². The molecule has 0 unspecified atom stereocenters. The van der Waals surface area contributed by atoms with E-state index in [-0.39, 0.29) is 19.1 Å². The number of benzene rings is 2. The Morgan fingerprint density at radius 1 is 1.00 bits per heavy atom. The van der Waals surface area contributed by atoms with Gasteiger partial charge in [-0.1, -0.05) is 48.0 Å². The van der Waals surface area contributed by atoms with Crippen molar-refractivity contribution in [3.05, 3.63) is 70.2 Å². The molecule has 5 heteroatoms. The van der Waals surface area contributed by atoms with Gasteiger partial charge >= 0.3 is 5.97 Å². The molecule has 122 valence electrons. The molecule has 0 aromatic heterocycles. The predicted molar refractivity (Wildman–Crippen MR) is 89.9 cm³/mol. The molecule has 0 saturated heterocycles. The summed E-state index contributed by atoms with van der Waals surface area (Å²) in [7, 11) is 1.39.